The molecule has 0 aromatic heterocycles. The molecule has 1 aliphatic rings. The maximum atomic E-state index is 13.0. The molecule has 0 unspecified atom stereocenters. The van der Waals surface area contributed by atoms with Gasteiger partial charge in [0, 0.05) is 15.8 Å². The van der Waals surface area contributed by atoms with Crippen molar-refractivity contribution in [2.75, 3.05) is 18.5 Å². The van der Waals surface area contributed by atoms with Gasteiger partial charge in [-0.1, -0.05) is 6.07 Å². The molecule has 0 saturated carbocycles. The van der Waals surface area contributed by atoms with Crippen molar-refractivity contribution in [1.82, 2.24) is 0 Å². The summed E-state index contributed by atoms with van der Waals surface area (Å²) < 4.78 is 24.9. The summed E-state index contributed by atoms with van der Waals surface area (Å²) in [7, 11) is 0. The first-order chi connectivity index (χ1) is 9.72. The summed E-state index contributed by atoms with van der Waals surface area (Å²) in [5.41, 5.74) is 2.01. The molecular formula is C15H13FINO2. The molecule has 1 aliphatic heterocycles. The van der Waals surface area contributed by atoms with Gasteiger partial charge >= 0.3 is 0 Å². The fourth-order valence-electron chi connectivity index (χ4n) is 2.03. The predicted molar refractivity (Wildman–Crippen MR) is 83.9 cm³/mol. The average Bonchev–Trinajstić information content (AvgIpc) is 2.46. The molecule has 0 spiro atoms. The largest absolute Gasteiger partial charge is 0.486 e. The van der Waals surface area contributed by atoms with Crippen LogP contribution in [0.1, 0.15) is 5.56 Å². The summed E-state index contributed by atoms with van der Waals surface area (Å²) >= 11 is 2.12. The summed E-state index contributed by atoms with van der Waals surface area (Å²) in [5, 5.41) is 3.29. The van der Waals surface area contributed by atoms with E-state index in [1.807, 2.05) is 18.2 Å². The van der Waals surface area contributed by atoms with E-state index < -0.39 is 0 Å². The Hall–Kier alpha value is -1.50. The molecule has 3 rings (SSSR count). The fourth-order valence-corrected chi connectivity index (χ4v) is 2.70. The highest BCUT2D eigenvalue weighted by Gasteiger charge is 2.11. The predicted octanol–water partition coefficient (Wildman–Crippen LogP) is 3.81. The Balaban J connectivity index is 1.72. The van der Waals surface area contributed by atoms with E-state index in [0.717, 1.165) is 26.3 Å². The summed E-state index contributed by atoms with van der Waals surface area (Å²) in [4.78, 5) is 0. The number of nitrogens with one attached hydrogen (secondary N) is 1. The Morgan fingerprint density at radius 2 is 1.85 bits per heavy atom. The van der Waals surface area contributed by atoms with Crippen LogP contribution in [-0.4, -0.2) is 13.2 Å². The van der Waals surface area contributed by atoms with Crippen LogP contribution in [0.2, 0.25) is 0 Å². The molecule has 0 bridgehead atoms. The Labute approximate surface area is 130 Å². The summed E-state index contributed by atoms with van der Waals surface area (Å²) in [6.45, 7) is 1.83. The Morgan fingerprint density at radius 3 is 2.65 bits per heavy atom. The van der Waals surface area contributed by atoms with Gasteiger partial charge in [-0.15, -0.1) is 0 Å². The summed E-state index contributed by atoms with van der Waals surface area (Å²) in [6.07, 6.45) is 0. The van der Waals surface area contributed by atoms with Crippen molar-refractivity contribution in [2.24, 2.45) is 0 Å². The molecule has 0 aliphatic carbocycles. The number of fused-ring (bicyclic) bond motifs is 1. The average molecular weight is 385 g/mol. The lowest BCUT2D eigenvalue weighted by molar-refractivity contribution is 0.171. The smallest absolute Gasteiger partial charge is 0.161 e. The van der Waals surface area contributed by atoms with Crippen LogP contribution in [-0.2, 0) is 6.54 Å². The van der Waals surface area contributed by atoms with Gasteiger partial charge in [-0.3, -0.25) is 0 Å². The van der Waals surface area contributed by atoms with Gasteiger partial charge in [0.05, 0.1) is 0 Å². The Bertz CT molecular complexity index is 633. The normalized spacial score (nSPS) is 13.1. The summed E-state index contributed by atoms with van der Waals surface area (Å²) in [5.74, 6) is 1.35. The topological polar surface area (TPSA) is 30.5 Å². The van der Waals surface area contributed by atoms with Crippen LogP contribution in [0.25, 0.3) is 0 Å². The molecule has 20 heavy (non-hydrogen) atoms. The zero-order chi connectivity index (χ0) is 13.9. The number of benzene rings is 2. The lowest BCUT2D eigenvalue weighted by atomic mass is 10.2. The van der Waals surface area contributed by atoms with E-state index in [0.29, 0.717) is 19.8 Å². The second kappa shape index (κ2) is 5.87. The van der Waals surface area contributed by atoms with Gasteiger partial charge in [0.25, 0.3) is 0 Å². The van der Waals surface area contributed by atoms with Crippen LogP contribution >= 0.6 is 22.6 Å². The summed E-state index contributed by atoms with van der Waals surface area (Å²) in [6, 6.07) is 10.6. The molecule has 0 amide bonds. The number of hydrogen-bond acceptors (Lipinski definition) is 3. The van der Waals surface area contributed by atoms with Crippen molar-refractivity contribution in [1.29, 1.82) is 0 Å². The van der Waals surface area contributed by atoms with Gasteiger partial charge in [0.15, 0.2) is 11.5 Å². The highest BCUT2D eigenvalue weighted by molar-refractivity contribution is 14.1. The van der Waals surface area contributed by atoms with E-state index >= 15 is 0 Å². The standard InChI is InChI=1S/C15H13FINO2/c16-11-2-3-13(12(17)8-11)18-9-10-1-4-14-15(7-10)20-6-5-19-14/h1-4,7-8,18H,5-6,9H2. The zero-order valence-corrected chi connectivity index (χ0v) is 12.8. The second-order valence-corrected chi connectivity index (χ2v) is 5.62. The number of anilines is 1. The van der Waals surface area contributed by atoms with Crippen molar-refractivity contribution in [3.8, 4) is 11.5 Å². The van der Waals surface area contributed by atoms with Gasteiger partial charge in [0.2, 0.25) is 0 Å². The van der Waals surface area contributed by atoms with Crippen LogP contribution in [0.4, 0.5) is 10.1 Å². The molecule has 2 aromatic carbocycles. The highest BCUT2D eigenvalue weighted by atomic mass is 127. The molecule has 104 valence electrons. The van der Waals surface area contributed by atoms with Crippen LogP contribution in [0, 0.1) is 9.39 Å². The quantitative estimate of drug-likeness (QED) is 0.816. The molecule has 0 atom stereocenters. The SMILES string of the molecule is Fc1ccc(NCc2ccc3c(c2)OCCO3)c(I)c1. The molecule has 1 heterocycles. The third-order valence-electron chi connectivity index (χ3n) is 3.02. The minimum absolute atomic E-state index is 0.223. The highest BCUT2D eigenvalue weighted by Crippen LogP contribution is 2.31. The first kappa shape index (κ1) is 13.5. The van der Waals surface area contributed by atoms with Crippen molar-refractivity contribution in [2.45, 2.75) is 6.54 Å². The number of hydrogen-bond donors (Lipinski definition) is 1. The van der Waals surface area contributed by atoms with E-state index in [-0.39, 0.29) is 5.82 Å². The van der Waals surface area contributed by atoms with E-state index in [2.05, 4.69) is 27.9 Å². The molecule has 0 fully saturated rings. The number of rotatable bonds is 3. The van der Waals surface area contributed by atoms with Gasteiger partial charge in [-0.05, 0) is 58.5 Å². The van der Waals surface area contributed by atoms with Crippen LogP contribution < -0.4 is 14.8 Å². The molecule has 3 nitrogen and oxygen atoms in total. The van der Waals surface area contributed by atoms with Gasteiger partial charge in [0.1, 0.15) is 19.0 Å². The van der Waals surface area contributed by atoms with Crippen LogP contribution in [0.5, 0.6) is 11.5 Å². The molecule has 0 radical (unpaired) electrons. The van der Waals surface area contributed by atoms with Gasteiger partial charge in [-0.2, -0.15) is 0 Å². The minimum atomic E-state index is -0.223. The number of ether oxygens (including phenoxy) is 2. The first-order valence-corrected chi connectivity index (χ1v) is 7.38. The maximum Gasteiger partial charge on any atom is 0.161 e. The zero-order valence-electron chi connectivity index (χ0n) is 10.7. The van der Waals surface area contributed by atoms with Crippen LogP contribution in [0.15, 0.2) is 36.4 Å². The molecule has 1 N–H and O–H groups in total. The monoisotopic (exact) mass is 385 g/mol. The van der Waals surface area contributed by atoms with Crippen molar-refractivity contribution >= 4 is 28.3 Å². The molecular weight excluding hydrogens is 372 g/mol. The van der Waals surface area contributed by atoms with Crippen molar-refractivity contribution in [3.63, 3.8) is 0 Å². The maximum absolute atomic E-state index is 13.0. The third kappa shape index (κ3) is 2.98. The van der Waals surface area contributed by atoms with E-state index in [9.17, 15) is 4.39 Å². The van der Waals surface area contributed by atoms with Gasteiger partial charge < -0.3 is 14.8 Å². The van der Waals surface area contributed by atoms with E-state index in [1.54, 1.807) is 6.07 Å². The van der Waals surface area contributed by atoms with Crippen molar-refractivity contribution < 1.29 is 13.9 Å². The first-order valence-electron chi connectivity index (χ1n) is 6.30. The number of halogens is 2. The van der Waals surface area contributed by atoms with E-state index in [1.165, 1.54) is 12.1 Å². The third-order valence-corrected chi connectivity index (χ3v) is 3.91. The van der Waals surface area contributed by atoms with Crippen molar-refractivity contribution in [3.05, 3.63) is 51.3 Å². The van der Waals surface area contributed by atoms with Gasteiger partial charge in [-0.25, -0.2) is 4.39 Å². The lowest BCUT2D eigenvalue weighted by Crippen LogP contribution is -2.15. The fraction of sp³-hybridized carbons (Fsp3) is 0.200. The Kier molecular flexibility index (Phi) is 3.95. The second-order valence-electron chi connectivity index (χ2n) is 4.46. The van der Waals surface area contributed by atoms with Crippen LogP contribution in [0.3, 0.4) is 0 Å². The minimum Gasteiger partial charge on any atom is -0.486 e. The molecule has 2 aromatic rings. The Morgan fingerprint density at radius 1 is 1.05 bits per heavy atom. The molecule has 0 saturated heterocycles. The lowest BCUT2D eigenvalue weighted by Gasteiger charge is -2.19. The molecule has 5 heteroatoms. The van der Waals surface area contributed by atoms with E-state index in [4.69, 9.17) is 9.47 Å².